The van der Waals surface area contributed by atoms with Crippen LogP contribution in [0.4, 0.5) is 4.79 Å². The van der Waals surface area contributed by atoms with Crippen LogP contribution in [0.2, 0.25) is 0 Å². The molecule has 2 aliphatic rings. The van der Waals surface area contributed by atoms with Crippen LogP contribution in [0.1, 0.15) is 70.3 Å². The maximum absolute atomic E-state index is 14.0. The summed E-state index contributed by atoms with van der Waals surface area (Å²) in [4.78, 5) is 72.2. The molecular weight excluding hydrogens is 614 g/mol. The van der Waals surface area contributed by atoms with Gasteiger partial charge in [0.1, 0.15) is 29.5 Å². The summed E-state index contributed by atoms with van der Waals surface area (Å²) < 4.78 is 5.51. The van der Waals surface area contributed by atoms with E-state index in [9.17, 15) is 29.1 Å². The molecule has 5 amide bonds. The van der Waals surface area contributed by atoms with Crippen LogP contribution in [0.25, 0.3) is 0 Å². The van der Waals surface area contributed by atoms with E-state index in [0.29, 0.717) is 51.1 Å². The van der Waals surface area contributed by atoms with E-state index in [0.717, 1.165) is 5.56 Å². The molecule has 2 heterocycles. The number of carbonyl (C=O) groups is 5. The van der Waals surface area contributed by atoms with Gasteiger partial charge in [0.25, 0.3) is 5.91 Å². The molecule has 2 saturated heterocycles. The number of phenols is 1. The maximum atomic E-state index is 14.0. The van der Waals surface area contributed by atoms with Gasteiger partial charge >= 0.3 is 6.09 Å². The van der Waals surface area contributed by atoms with Crippen molar-refractivity contribution in [2.24, 2.45) is 5.41 Å². The molecule has 0 radical (unpaired) electrons. The smallest absolute Gasteiger partial charge is 0.410 e. The van der Waals surface area contributed by atoms with Crippen molar-refractivity contribution in [2.45, 2.75) is 84.5 Å². The van der Waals surface area contributed by atoms with Gasteiger partial charge in [0.2, 0.25) is 17.7 Å². The number of benzene rings is 2. The molecule has 260 valence electrons. The Hall–Kier alpha value is -4.61. The Labute approximate surface area is 282 Å². The van der Waals surface area contributed by atoms with E-state index in [2.05, 4.69) is 10.6 Å². The first kappa shape index (κ1) is 36.2. The zero-order chi connectivity index (χ0) is 35.2. The minimum absolute atomic E-state index is 0.0766. The molecule has 4 rings (SSSR count). The van der Waals surface area contributed by atoms with Crippen molar-refractivity contribution in [3.05, 3.63) is 65.7 Å². The Morgan fingerprint density at radius 1 is 0.833 bits per heavy atom. The van der Waals surface area contributed by atoms with Crippen molar-refractivity contribution >= 4 is 29.7 Å². The lowest BCUT2D eigenvalue weighted by Crippen LogP contribution is -2.61. The summed E-state index contributed by atoms with van der Waals surface area (Å²) in [5, 5.41) is 15.6. The van der Waals surface area contributed by atoms with Crippen molar-refractivity contribution < 1.29 is 33.8 Å². The average molecular weight is 664 g/mol. The van der Waals surface area contributed by atoms with Crippen LogP contribution in [-0.4, -0.2) is 106 Å². The Morgan fingerprint density at radius 2 is 1.44 bits per heavy atom. The lowest BCUT2D eigenvalue weighted by molar-refractivity contribution is -0.139. The highest BCUT2D eigenvalue weighted by atomic mass is 16.6. The van der Waals surface area contributed by atoms with Gasteiger partial charge in [-0.3, -0.25) is 24.1 Å². The van der Waals surface area contributed by atoms with Crippen LogP contribution in [0.3, 0.4) is 0 Å². The summed E-state index contributed by atoms with van der Waals surface area (Å²) in [6.45, 7) is 12.4. The average Bonchev–Trinajstić information content (AvgIpc) is 3.53. The number of nitrogens with zero attached hydrogens (tertiary/aromatic N) is 3. The summed E-state index contributed by atoms with van der Waals surface area (Å²) in [6.07, 6.45) is 0.622. The summed E-state index contributed by atoms with van der Waals surface area (Å²) in [5.41, 5.74) is -0.168. The molecule has 0 spiro atoms. The second-order valence-corrected chi connectivity index (χ2v) is 14.6. The predicted octanol–water partition coefficient (Wildman–Crippen LogP) is 3.33. The van der Waals surface area contributed by atoms with Gasteiger partial charge in [-0.1, -0.05) is 51.1 Å². The van der Waals surface area contributed by atoms with Gasteiger partial charge in [-0.2, -0.15) is 0 Å². The second kappa shape index (κ2) is 15.1. The number of aromatic hydroxyl groups is 1. The zero-order valence-electron chi connectivity index (χ0n) is 28.8. The summed E-state index contributed by atoms with van der Waals surface area (Å²) >= 11 is 0. The molecule has 12 heteroatoms. The minimum Gasteiger partial charge on any atom is -0.508 e. The molecule has 2 aromatic rings. The number of likely N-dealkylation sites (tertiary alicyclic amines) is 1. The number of nitrogens with one attached hydrogen (secondary N) is 2. The molecule has 48 heavy (non-hydrogen) atoms. The molecule has 0 aliphatic carbocycles. The Balaban J connectivity index is 1.49. The highest BCUT2D eigenvalue weighted by Crippen LogP contribution is 2.25. The van der Waals surface area contributed by atoms with Gasteiger partial charge in [0.15, 0.2) is 0 Å². The highest BCUT2D eigenvalue weighted by molar-refractivity contribution is 5.95. The quantitative estimate of drug-likeness (QED) is 0.393. The van der Waals surface area contributed by atoms with E-state index in [1.165, 1.54) is 17.0 Å². The van der Waals surface area contributed by atoms with Crippen LogP contribution in [0.5, 0.6) is 5.75 Å². The predicted molar refractivity (Wildman–Crippen MR) is 180 cm³/mol. The number of hydrogen-bond donors (Lipinski definition) is 3. The third-order valence-corrected chi connectivity index (χ3v) is 8.49. The summed E-state index contributed by atoms with van der Waals surface area (Å²) in [7, 11) is 0. The van der Waals surface area contributed by atoms with Gasteiger partial charge in [-0.05, 0) is 68.9 Å². The zero-order valence-corrected chi connectivity index (χ0v) is 28.8. The van der Waals surface area contributed by atoms with Crippen molar-refractivity contribution in [1.82, 2.24) is 25.3 Å². The monoisotopic (exact) mass is 663 g/mol. The largest absolute Gasteiger partial charge is 0.508 e. The van der Waals surface area contributed by atoms with Gasteiger partial charge in [0, 0.05) is 44.7 Å². The van der Waals surface area contributed by atoms with Crippen LogP contribution in [-0.2, 0) is 25.5 Å². The van der Waals surface area contributed by atoms with E-state index in [1.54, 1.807) is 54.8 Å². The second-order valence-electron chi connectivity index (χ2n) is 14.6. The SMILES string of the molecule is CC(C)(C)OC(=O)N1CCCC1C(=O)NC(C(=O)NC(Cc1ccc(O)cc1)C(=O)N1CCN(C(=O)c2ccccc2)CC1)C(C)(C)C. The molecular formula is C36H49N5O7. The van der Waals surface area contributed by atoms with E-state index in [-0.39, 0.29) is 24.0 Å². The van der Waals surface area contributed by atoms with Crippen molar-refractivity contribution in [1.29, 1.82) is 0 Å². The van der Waals surface area contributed by atoms with E-state index >= 15 is 0 Å². The molecule has 2 aliphatic heterocycles. The van der Waals surface area contributed by atoms with Gasteiger partial charge < -0.3 is 30.3 Å². The third kappa shape index (κ3) is 9.48. The standard InChI is InChI=1S/C36H49N5O7/c1-35(2,3)29(38-30(43)28-13-10-18-41(28)34(47)48-36(4,5)6)31(44)37-27(23-24-14-16-26(42)17-15-24)33(46)40-21-19-39(20-22-40)32(45)25-11-8-7-9-12-25/h7-9,11-12,14-17,27-29,42H,10,13,18-23H2,1-6H3,(H,37,44)(H,38,43). The normalized spacial score (nSPS) is 18.1. The van der Waals surface area contributed by atoms with Crippen LogP contribution in [0, 0.1) is 5.41 Å². The van der Waals surface area contributed by atoms with E-state index in [1.807, 2.05) is 39.0 Å². The van der Waals surface area contributed by atoms with Gasteiger partial charge in [-0.25, -0.2) is 4.79 Å². The fourth-order valence-corrected chi connectivity index (χ4v) is 5.93. The third-order valence-electron chi connectivity index (χ3n) is 8.49. The van der Waals surface area contributed by atoms with Crippen molar-refractivity contribution in [3.8, 4) is 5.75 Å². The van der Waals surface area contributed by atoms with Crippen molar-refractivity contribution in [3.63, 3.8) is 0 Å². The number of amides is 5. The molecule has 0 aromatic heterocycles. The van der Waals surface area contributed by atoms with Gasteiger partial charge in [0.05, 0.1) is 0 Å². The van der Waals surface area contributed by atoms with E-state index < -0.39 is 47.0 Å². The Morgan fingerprint density at radius 3 is 2.02 bits per heavy atom. The lowest BCUT2D eigenvalue weighted by atomic mass is 9.85. The van der Waals surface area contributed by atoms with Crippen LogP contribution < -0.4 is 10.6 Å². The molecule has 3 atom stereocenters. The van der Waals surface area contributed by atoms with Crippen LogP contribution >= 0.6 is 0 Å². The summed E-state index contributed by atoms with van der Waals surface area (Å²) in [6, 6.07) is 12.6. The number of carbonyl (C=O) groups excluding carboxylic acids is 5. The highest BCUT2D eigenvalue weighted by Gasteiger charge is 2.41. The number of rotatable bonds is 8. The molecule has 2 aromatic carbocycles. The lowest BCUT2D eigenvalue weighted by Gasteiger charge is -2.37. The van der Waals surface area contributed by atoms with E-state index in [4.69, 9.17) is 4.74 Å². The first-order valence-corrected chi connectivity index (χ1v) is 16.5. The van der Waals surface area contributed by atoms with Crippen LogP contribution in [0.15, 0.2) is 54.6 Å². The number of phenolic OH excluding ortho intramolecular Hbond substituents is 1. The summed E-state index contributed by atoms with van der Waals surface area (Å²) in [5.74, 6) is -1.34. The fourth-order valence-electron chi connectivity index (χ4n) is 5.93. The topological polar surface area (TPSA) is 149 Å². The first-order valence-electron chi connectivity index (χ1n) is 16.5. The Kier molecular flexibility index (Phi) is 11.4. The minimum atomic E-state index is -1.03. The number of ether oxygens (including phenoxy) is 1. The fraction of sp³-hybridized carbons (Fsp3) is 0.528. The maximum Gasteiger partial charge on any atom is 0.410 e. The number of piperazine rings is 1. The van der Waals surface area contributed by atoms with Crippen molar-refractivity contribution in [2.75, 3.05) is 32.7 Å². The molecule has 12 nitrogen and oxygen atoms in total. The molecule has 3 unspecified atom stereocenters. The molecule has 3 N–H and O–H groups in total. The molecule has 2 fully saturated rings. The Bertz CT molecular complexity index is 1460. The number of hydrogen-bond acceptors (Lipinski definition) is 7. The first-order chi connectivity index (χ1) is 22.5. The van der Waals surface area contributed by atoms with Gasteiger partial charge in [-0.15, -0.1) is 0 Å². The molecule has 0 bridgehead atoms. The molecule has 0 saturated carbocycles.